The topological polar surface area (TPSA) is 77.9 Å². The molecule has 212 valence electrons. The van der Waals surface area contributed by atoms with E-state index in [1.165, 1.54) is 25.2 Å². The largest absolute Gasteiger partial charge is 0.493 e. The third kappa shape index (κ3) is 7.37. The molecular weight excluding hydrogens is 495 g/mol. The number of rotatable bonds is 14. The van der Waals surface area contributed by atoms with Gasteiger partial charge in [-0.2, -0.15) is 0 Å². The van der Waals surface area contributed by atoms with E-state index in [-0.39, 0.29) is 11.8 Å². The van der Waals surface area contributed by atoms with E-state index in [4.69, 9.17) is 9.72 Å². The molecule has 2 aliphatic rings. The number of pyridine rings is 1. The zero-order valence-electron chi connectivity index (χ0n) is 23.4. The van der Waals surface area contributed by atoms with Crippen LogP contribution in [0.25, 0.3) is 0 Å². The molecule has 1 aromatic carbocycles. The summed E-state index contributed by atoms with van der Waals surface area (Å²) in [6.45, 7) is 6.98. The van der Waals surface area contributed by atoms with Gasteiger partial charge < -0.3 is 20.1 Å². The van der Waals surface area contributed by atoms with E-state index in [0.717, 1.165) is 68.7 Å². The van der Waals surface area contributed by atoms with E-state index in [0.29, 0.717) is 31.5 Å². The second-order valence-corrected chi connectivity index (χ2v) is 10.8. The third-order valence-corrected chi connectivity index (χ3v) is 8.08. The first-order valence-corrected chi connectivity index (χ1v) is 14.3. The van der Waals surface area contributed by atoms with E-state index >= 15 is 0 Å². The molecule has 0 amide bonds. The molecule has 1 saturated heterocycles. The maximum Gasteiger partial charge on any atom is 0.325 e. The molecule has 0 radical (unpaired) electrons. The van der Waals surface area contributed by atoms with Gasteiger partial charge in [0.25, 0.3) is 0 Å². The molecule has 1 fully saturated rings. The van der Waals surface area contributed by atoms with Crippen LogP contribution in [-0.2, 0) is 24.1 Å². The maximum absolute atomic E-state index is 14.9. The van der Waals surface area contributed by atoms with Gasteiger partial charge >= 0.3 is 5.97 Å². The number of methoxy groups -OCH3 is 1. The number of fused-ring (bicyclic) bond motifs is 1. The minimum atomic E-state index is -0.983. The number of carbonyl (C=O) groups is 1. The number of hydrogen-bond acceptors (Lipinski definition) is 6. The van der Waals surface area contributed by atoms with Gasteiger partial charge in [-0.15, -0.1) is 6.58 Å². The molecule has 2 aliphatic heterocycles. The monoisotopic (exact) mass is 538 g/mol. The molecule has 8 heteroatoms. The molecular formula is C31H43FN4O3. The second-order valence-electron chi connectivity index (χ2n) is 10.8. The summed E-state index contributed by atoms with van der Waals surface area (Å²) in [5.74, 6) is -0.420. The minimum Gasteiger partial charge on any atom is -0.493 e. The number of carboxylic acids is 1. The first-order chi connectivity index (χ1) is 18.9. The molecule has 0 spiro atoms. The van der Waals surface area contributed by atoms with Gasteiger partial charge in [-0.05, 0) is 94.3 Å². The number of carboxylic acid groups (broad SMARTS) is 1. The number of likely N-dealkylation sites (tertiary alicyclic amines) is 1. The standard InChI is InChI=1S/C31H43FN4O3/c1-4-5-10-22-19-26(29(39-3)27(32)20-22)28(31(37)38)36-18-15-25(21-36)35(2)17-8-6-7-12-24-14-13-23-11-9-16-33-30(23)34-24/h4,13-14,19-20,25,28H,1,5-12,15-18,21H2,2-3H3,(H,33,34)(H,37,38)/t25-,28-/m1/s1. The molecule has 0 bridgehead atoms. The van der Waals surface area contributed by atoms with Crippen LogP contribution in [0, 0.1) is 5.82 Å². The van der Waals surface area contributed by atoms with Crippen molar-refractivity contribution in [3.05, 3.63) is 65.1 Å². The first-order valence-electron chi connectivity index (χ1n) is 14.3. The van der Waals surface area contributed by atoms with Crippen molar-refractivity contribution in [3.8, 4) is 5.75 Å². The number of allylic oxidation sites excluding steroid dienone is 1. The number of ether oxygens (including phenoxy) is 1. The number of nitrogens with one attached hydrogen (secondary N) is 1. The van der Waals surface area contributed by atoms with Gasteiger partial charge in [0, 0.05) is 36.9 Å². The third-order valence-electron chi connectivity index (χ3n) is 8.08. The van der Waals surface area contributed by atoms with Crippen LogP contribution in [-0.4, -0.2) is 72.2 Å². The molecule has 2 atom stereocenters. The smallest absolute Gasteiger partial charge is 0.325 e. The highest BCUT2D eigenvalue weighted by Gasteiger charge is 2.37. The van der Waals surface area contributed by atoms with Crippen molar-refractivity contribution in [2.75, 3.05) is 45.7 Å². The van der Waals surface area contributed by atoms with Crippen LogP contribution in [0.5, 0.6) is 5.75 Å². The predicted octanol–water partition coefficient (Wildman–Crippen LogP) is 5.25. The molecule has 0 unspecified atom stereocenters. The number of likely N-dealkylation sites (N-methyl/N-ethyl adjacent to an activating group) is 1. The van der Waals surface area contributed by atoms with E-state index < -0.39 is 17.8 Å². The van der Waals surface area contributed by atoms with E-state index in [2.05, 4.69) is 36.0 Å². The Balaban J connectivity index is 1.29. The van der Waals surface area contributed by atoms with Crippen LogP contribution in [0.3, 0.4) is 0 Å². The van der Waals surface area contributed by atoms with Crippen molar-refractivity contribution in [1.82, 2.24) is 14.8 Å². The Labute approximate surface area is 232 Å². The summed E-state index contributed by atoms with van der Waals surface area (Å²) in [4.78, 5) is 21.5. The zero-order valence-corrected chi connectivity index (χ0v) is 23.4. The van der Waals surface area contributed by atoms with E-state index in [9.17, 15) is 14.3 Å². The van der Waals surface area contributed by atoms with E-state index in [1.807, 2.05) is 4.90 Å². The van der Waals surface area contributed by atoms with Crippen molar-refractivity contribution in [2.45, 2.75) is 69.9 Å². The Kier molecular flexibility index (Phi) is 10.3. The van der Waals surface area contributed by atoms with Gasteiger partial charge in [-0.3, -0.25) is 9.69 Å². The van der Waals surface area contributed by atoms with Crippen molar-refractivity contribution in [1.29, 1.82) is 0 Å². The van der Waals surface area contributed by atoms with Gasteiger partial charge in [0.15, 0.2) is 11.6 Å². The summed E-state index contributed by atoms with van der Waals surface area (Å²) in [5.41, 5.74) is 3.62. The molecule has 0 aliphatic carbocycles. The van der Waals surface area contributed by atoms with E-state index in [1.54, 1.807) is 12.1 Å². The second kappa shape index (κ2) is 13.9. The van der Waals surface area contributed by atoms with Gasteiger partial charge in [0.2, 0.25) is 0 Å². The number of nitrogens with zero attached hydrogens (tertiary/aromatic N) is 3. The van der Waals surface area contributed by atoms with Gasteiger partial charge in [-0.1, -0.05) is 18.6 Å². The Hall–Kier alpha value is -2.97. The summed E-state index contributed by atoms with van der Waals surface area (Å²) in [5, 5.41) is 13.6. The highest BCUT2D eigenvalue weighted by molar-refractivity contribution is 5.77. The van der Waals surface area contributed by atoms with Crippen LogP contribution < -0.4 is 10.1 Å². The number of aromatic nitrogens is 1. The maximum atomic E-state index is 14.9. The number of hydrogen-bond donors (Lipinski definition) is 2. The fourth-order valence-corrected chi connectivity index (χ4v) is 5.89. The van der Waals surface area contributed by atoms with Gasteiger partial charge in [-0.25, -0.2) is 9.37 Å². The van der Waals surface area contributed by atoms with Crippen LogP contribution in [0.2, 0.25) is 0 Å². The molecule has 2 aromatic rings. The lowest BCUT2D eigenvalue weighted by molar-refractivity contribution is -0.143. The number of aryl methyl sites for hydroxylation is 3. The number of anilines is 1. The van der Waals surface area contributed by atoms with Crippen molar-refractivity contribution in [2.24, 2.45) is 0 Å². The average molecular weight is 539 g/mol. The fourth-order valence-electron chi connectivity index (χ4n) is 5.89. The van der Waals surface area contributed by atoms with Crippen molar-refractivity contribution >= 4 is 11.8 Å². The summed E-state index contributed by atoms with van der Waals surface area (Å²) < 4.78 is 20.2. The first kappa shape index (κ1) is 29.0. The Bertz CT molecular complexity index is 1140. The number of halogens is 1. The Morgan fingerprint density at radius 1 is 1.33 bits per heavy atom. The van der Waals surface area contributed by atoms with Crippen LogP contribution in [0.1, 0.15) is 67.0 Å². The molecule has 1 aromatic heterocycles. The molecule has 7 nitrogen and oxygen atoms in total. The van der Waals surface area contributed by atoms with Crippen molar-refractivity contribution in [3.63, 3.8) is 0 Å². The zero-order chi connectivity index (χ0) is 27.8. The summed E-state index contributed by atoms with van der Waals surface area (Å²) in [6.07, 6.45) is 10.5. The van der Waals surface area contributed by atoms with Gasteiger partial charge in [0.1, 0.15) is 11.9 Å². The number of aliphatic carboxylic acids is 1. The Morgan fingerprint density at radius 3 is 2.95 bits per heavy atom. The molecule has 4 rings (SSSR count). The lowest BCUT2D eigenvalue weighted by Gasteiger charge is -2.28. The van der Waals surface area contributed by atoms with Crippen LogP contribution >= 0.6 is 0 Å². The highest BCUT2D eigenvalue weighted by atomic mass is 19.1. The van der Waals surface area contributed by atoms with Gasteiger partial charge in [0.05, 0.1) is 7.11 Å². The molecule has 0 saturated carbocycles. The summed E-state index contributed by atoms with van der Waals surface area (Å²) in [7, 11) is 3.51. The highest BCUT2D eigenvalue weighted by Crippen LogP contribution is 2.36. The molecule has 3 heterocycles. The van der Waals surface area contributed by atoms with Crippen LogP contribution in [0.4, 0.5) is 10.2 Å². The average Bonchev–Trinajstić information content (AvgIpc) is 3.41. The normalized spacial score (nSPS) is 18.0. The quantitative estimate of drug-likeness (QED) is 0.251. The SMILES string of the molecule is C=CCCc1cc(F)c(OC)c([C@H](C(=O)O)N2CC[C@@H](N(C)CCCCCc3ccc4c(n3)NCCC4)C2)c1. The lowest BCUT2D eigenvalue weighted by Crippen LogP contribution is -2.38. The number of unbranched alkanes of at least 4 members (excludes halogenated alkanes) is 2. The Morgan fingerprint density at radius 2 is 2.18 bits per heavy atom. The van der Waals surface area contributed by atoms with Crippen molar-refractivity contribution < 1.29 is 19.0 Å². The minimum absolute atomic E-state index is 0.0192. The summed E-state index contributed by atoms with van der Waals surface area (Å²) in [6, 6.07) is 6.92. The molecule has 39 heavy (non-hydrogen) atoms. The predicted molar refractivity (Wildman–Crippen MR) is 153 cm³/mol. The molecule has 2 N–H and O–H groups in total. The lowest BCUT2D eigenvalue weighted by atomic mass is 9.98. The summed E-state index contributed by atoms with van der Waals surface area (Å²) >= 11 is 0. The fraction of sp³-hybridized carbons (Fsp3) is 0.548. The number of benzene rings is 1. The van der Waals surface area contributed by atoms with Crippen LogP contribution in [0.15, 0.2) is 36.9 Å².